The van der Waals surface area contributed by atoms with Crippen molar-refractivity contribution in [3.8, 4) is 0 Å². The molecule has 1 atom stereocenters. The number of sulfonamides is 1. The number of rotatable bonds is 7. The third kappa shape index (κ3) is 5.07. The van der Waals surface area contributed by atoms with Crippen molar-refractivity contribution in [1.82, 2.24) is 5.32 Å². The Morgan fingerprint density at radius 2 is 1.78 bits per heavy atom. The average Bonchev–Trinajstić information content (AvgIpc) is 2.61. The molecule has 2 N–H and O–H groups in total. The van der Waals surface area contributed by atoms with Gasteiger partial charge >= 0.3 is 5.97 Å². The van der Waals surface area contributed by atoms with Crippen molar-refractivity contribution in [2.75, 3.05) is 11.4 Å². The number of carbonyl (C=O) groups is 2. The maximum atomic E-state index is 12.9. The summed E-state index contributed by atoms with van der Waals surface area (Å²) in [4.78, 5) is 23.0. The van der Waals surface area contributed by atoms with E-state index in [-0.39, 0.29) is 16.9 Å². The molecule has 0 bridgehead atoms. The summed E-state index contributed by atoms with van der Waals surface area (Å²) in [5.74, 6) is -1.56. The van der Waals surface area contributed by atoms with Gasteiger partial charge in [0.05, 0.1) is 17.0 Å². The van der Waals surface area contributed by atoms with Crippen molar-refractivity contribution in [3.05, 3.63) is 59.7 Å². The van der Waals surface area contributed by atoms with E-state index in [9.17, 15) is 18.0 Å². The third-order valence-corrected chi connectivity index (χ3v) is 5.79. The number of anilines is 1. The summed E-state index contributed by atoms with van der Waals surface area (Å²) >= 11 is 0. The number of carboxylic acids is 1. The first-order valence-corrected chi connectivity index (χ1v) is 9.73. The predicted octanol–water partition coefficient (Wildman–Crippen LogP) is 2.41. The number of carbonyl (C=O) groups excluding carboxylic acids is 1. The van der Waals surface area contributed by atoms with E-state index in [0.717, 1.165) is 9.87 Å². The standard InChI is InChI=1S/C19H22N2O5S/c1-13-7-9-16(10-8-13)21(3)27(25,26)17-6-4-5-15(12-17)19(24)20-14(2)11-18(22)23/h4-10,12,14H,11H2,1-3H3,(H,20,24)(H,22,23). The molecule has 2 aromatic rings. The van der Waals surface area contributed by atoms with Gasteiger partial charge < -0.3 is 10.4 Å². The fourth-order valence-corrected chi connectivity index (χ4v) is 3.71. The summed E-state index contributed by atoms with van der Waals surface area (Å²) < 4.78 is 26.9. The monoisotopic (exact) mass is 390 g/mol. The minimum Gasteiger partial charge on any atom is -0.481 e. The Morgan fingerprint density at radius 1 is 1.15 bits per heavy atom. The first kappa shape index (κ1) is 20.4. The molecule has 144 valence electrons. The van der Waals surface area contributed by atoms with Crippen LogP contribution in [0.15, 0.2) is 53.4 Å². The van der Waals surface area contributed by atoms with Crippen LogP contribution >= 0.6 is 0 Å². The van der Waals surface area contributed by atoms with Crippen molar-refractivity contribution < 1.29 is 23.1 Å². The van der Waals surface area contributed by atoms with Crippen molar-refractivity contribution >= 4 is 27.6 Å². The predicted molar refractivity (Wildman–Crippen MR) is 102 cm³/mol. The number of carboxylic acid groups (broad SMARTS) is 1. The van der Waals surface area contributed by atoms with Crippen molar-refractivity contribution in [1.29, 1.82) is 0 Å². The van der Waals surface area contributed by atoms with E-state index in [4.69, 9.17) is 5.11 Å². The van der Waals surface area contributed by atoms with E-state index >= 15 is 0 Å². The van der Waals surface area contributed by atoms with E-state index in [1.54, 1.807) is 19.1 Å². The van der Waals surface area contributed by atoms with Crippen LogP contribution in [0, 0.1) is 6.92 Å². The van der Waals surface area contributed by atoms with Crippen LogP contribution in [-0.2, 0) is 14.8 Å². The number of benzene rings is 2. The molecule has 7 nitrogen and oxygen atoms in total. The molecule has 0 saturated heterocycles. The number of nitrogens with zero attached hydrogens (tertiary/aromatic N) is 1. The Hall–Kier alpha value is -2.87. The highest BCUT2D eigenvalue weighted by atomic mass is 32.2. The molecule has 0 aliphatic heterocycles. The van der Waals surface area contributed by atoms with Gasteiger partial charge in [0.15, 0.2) is 0 Å². The lowest BCUT2D eigenvalue weighted by Gasteiger charge is -2.20. The molecule has 0 aromatic heterocycles. The third-order valence-electron chi connectivity index (χ3n) is 4.01. The normalized spacial score (nSPS) is 12.3. The number of aryl methyl sites for hydroxylation is 1. The second kappa shape index (κ2) is 8.22. The molecular formula is C19H22N2O5S. The van der Waals surface area contributed by atoms with Gasteiger partial charge in [-0.3, -0.25) is 13.9 Å². The fraction of sp³-hybridized carbons (Fsp3) is 0.263. The van der Waals surface area contributed by atoms with E-state index in [2.05, 4.69) is 5.32 Å². The van der Waals surface area contributed by atoms with E-state index in [1.807, 2.05) is 19.1 Å². The van der Waals surface area contributed by atoms with Gasteiger partial charge in [-0.1, -0.05) is 23.8 Å². The topological polar surface area (TPSA) is 104 Å². The Kier molecular flexibility index (Phi) is 6.22. The highest BCUT2D eigenvalue weighted by molar-refractivity contribution is 7.92. The first-order valence-electron chi connectivity index (χ1n) is 8.29. The number of hydrogen-bond donors (Lipinski definition) is 2. The van der Waals surface area contributed by atoms with Crippen LogP contribution in [0.5, 0.6) is 0 Å². The highest BCUT2D eigenvalue weighted by Crippen LogP contribution is 2.23. The van der Waals surface area contributed by atoms with Crippen LogP contribution in [0.3, 0.4) is 0 Å². The largest absolute Gasteiger partial charge is 0.481 e. The van der Waals surface area contributed by atoms with Crippen LogP contribution in [0.1, 0.15) is 29.3 Å². The number of amides is 1. The Balaban J connectivity index is 2.26. The highest BCUT2D eigenvalue weighted by Gasteiger charge is 2.23. The van der Waals surface area contributed by atoms with Gasteiger partial charge in [0.1, 0.15) is 0 Å². The SMILES string of the molecule is Cc1ccc(N(C)S(=O)(=O)c2cccc(C(=O)NC(C)CC(=O)O)c2)cc1. The molecular weight excluding hydrogens is 368 g/mol. The van der Waals surface area contributed by atoms with Gasteiger partial charge in [-0.2, -0.15) is 0 Å². The Labute approximate surface area is 158 Å². The molecule has 2 aromatic carbocycles. The molecule has 0 saturated carbocycles. The Bertz CT molecular complexity index is 939. The maximum absolute atomic E-state index is 12.9. The summed E-state index contributed by atoms with van der Waals surface area (Å²) in [7, 11) is -2.40. The Morgan fingerprint density at radius 3 is 2.37 bits per heavy atom. The fourth-order valence-electron chi connectivity index (χ4n) is 2.47. The van der Waals surface area contributed by atoms with Gasteiger partial charge in [0.2, 0.25) is 0 Å². The van der Waals surface area contributed by atoms with Gasteiger partial charge in [0.25, 0.3) is 15.9 Å². The van der Waals surface area contributed by atoms with Crippen LogP contribution in [0.2, 0.25) is 0 Å². The molecule has 0 radical (unpaired) electrons. The zero-order chi connectivity index (χ0) is 20.2. The van der Waals surface area contributed by atoms with E-state index < -0.39 is 27.9 Å². The molecule has 0 aliphatic carbocycles. The summed E-state index contributed by atoms with van der Waals surface area (Å²) in [5.41, 5.74) is 1.66. The van der Waals surface area contributed by atoms with Crippen molar-refractivity contribution in [2.45, 2.75) is 31.2 Å². The van der Waals surface area contributed by atoms with Crippen molar-refractivity contribution in [3.63, 3.8) is 0 Å². The second-order valence-corrected chi connectivity index (χ2v) is 8.28. The van der Waals surface area contributed by atoms with Crippen LogP contribution in [0.4, 0.5) is 5.69 Å². The minimum absolute atomic E-state index is 0.0240. The van der Waals surface area contributed by atoms with Gasteiger partial charge in [-0.05, 0) is 44.2 Å². The number of hydrogen-bond acceptors (Lipinski definition) is 4. The lowest BCUT2D eigenvalue weighted by molar-refractivity contribution is -0.137. The van der Waals surface area contributed by atoms with Gasteiger partial charge in [-0.15, -0.1) is 0 Å². The van der Waals surface area contributed by atoms with Crippen LogP contribution in [-0.4, -0.2) is 38.5 Å². The lowest BCUT2D eigenvalue weighted by atomic mass is 10.2. The molecule has 0 aliphatic rings. The molecule has 1 amide bonds. The molecule has 27 heavy (non-hydrogen) atoms. The van der Waals surface area contributed by atoms with Crippen LogP contribution in [0.25, 0.3) is 0 Å². The molecule has 8 heteroatoms. The molecule has 1 unspecified atom stereocenters. The first-order chi connectivity index (χ1) is 12.6. The minimum atomic E-state index is -3.85. The summed E-state index contributed by atoms with van der Waals surface area (Å²) in [6.45, 7) is 3.48. The zero-order valence-electron chi connectivity index (χ0n) is 15.3. The van der Waals surface area contributed by atoms with Crippen molar-refractivity contribution in [2.24, 2.45) is 0 Å². The summed E-state index contributed by atoms with van der Waals surface area (Å²) in [5, 5.41) is 11.3. The second-order valence-electron chi connectivity index (χ2n) is 6.31. The smallest absolute Gasteiger partial charge is 0.305 e. The quantitative estimate of drug-likeness (QED) is 0.756. The lowest BCUT2D eigenvalue weighted by Crippen LogP contribution is -2.34. The maximum Gasteiger partial charge on any atom is 0.305 e. The van der Waals surface area contributed by atoms with Crippen LogP contribution < -0.4 is 9.62 Å². The number of aliphatic carboxylic acids is 1. The zero-order valence-corrected chi connectivity index (χ0v) is 16.2. The molecule has 0 heterocycles. The average molecular weight is 390 g/mol. The molecule has 0 fully saturated rings. The van der Waals surface area contributed by atoms with Gasteiger partial charge in [-0.25, -0.2) is 8.42 Å². The van der Waals surface area contributed by atoms with E-state index in [1.165, 1.54) is 31.3 Å². The summed E-state index contributed by atoms with van der Waals surface area (Å²) in [6, 6.07) is 12.1. The van der Waals surface area contributed by atoms with E-state index in [0.29, 0.717) is 5.69 Å². The van der Waals surface area contributed by atoms with Gasteiger partial charge in [0, 0.05) is 18.7 Å². The number of nitrogens with one attached hydrogen (secondary N) is 1. The molecule has 0 spiro atoms. The summed E-state index contributed by atoms with van der Waals surface area (Å²) in [6.07, 6.45) is -0.222. The molecule has 2 rings (SSSR count).